The first-order valence-electron chi connectivity index (χ1n) is 6.02. The zero-order valence-corrected chi connectivity index (χ0v) is 11.8. The summed E-state index contributed by atoms with van der Waals surface area (Å²) in [6.45, 7) is 0. The van der Waals surface area contributed by atoms with E-state index in [9.17, 15) is 0 Å². The molecule has 1 aliphatic rings. The number of hydrogen-bond acceptors (Lipinski definition) is 4. The average molecular weight is 301 g/mol. The van der Waals surface area contributed by atoms with Gasteiger partial charge in [-0.05, 0) is 42.1 Å². The van der Waals surface area contributed by atoms with Crippen LogP contribution in [0.1, 0.15) is 0 Å². The Kier molecular flexibility index (Phi) is 2.52. The molecule has 0 saturated heterocycles. The molecule has 0 radical (unpaired) electrons. The van der Waals surface area contributed by atoms with Crippen molar-refractivity contribution in [1.82, 2.24) is 9.55 Å². The summed E-state index contributed by atoms with van der Waals surface area (Å²) < 4.78 is 1.87. The first-order valence-corrected chi connectivity index (χ1v) is 7.21. The molecule has 0 amide bonds. The molecule has 0 fully saturated rings. The van der Waals surface area contributed by atoms with Gasteiger partial charge in [0, 0.05) is 9.92 Å². The quantitative estimate of drug-likeness (QED) is 0.689. The highest BCUT2D eigenvalue weighted by molar-refractivity contribution is 7.99. The van der Waals surface area contributed by atoms with Crippen LogP contribution in [0.4, 0.5) is 5.69 Å². The number of aliphatic imine (C=N–C) groups is 1. The summed E-state index contributed by atoms with van der Waals surface area (Å²) in [6.07, 6.45) is 0. The largest absolute Gasteiger partial charge is 0.369 e. The van der Waals surface area contributed by atoms with E-state index in [4.69, 9.17) is 17.3 Å². The van der Waals surface area contributed by atoms with Crippen molar-refractivity contribution in [2.75, 3.05) is 0 Å². The molecule has 2 aromatic carbocycles. The minimum atomic E-state index is 0.405. The van der Waals surface area contributed by atoms with Crippen LogP contribution in [0, 0.1) is 0 Å². The fraction of sp³-hybridized carbons (Fsp3) is 0. The lowest BCUT2D eigenvalue weighted by molar-refractivity contribution is 0.959. The summed E-state index contributed by atoms with van der Waals surface area (Å²) in [7, 11) is 0. The van der Waals surface area contributed by atoms with Gasteiger partial charge >= 0.3 is 0 Å². The van der Waals surface area contributed by atoms with Gasteiger partial charge < -0.3 is 5.73 Å². The molecule has 0 bridgehead atoms. The lowest BCUT2D eigenvalue weighted by Gasteiger charge is -2.03. The molecule has 4 rings (SSSR count). The van der Waals surface area contributed by atoms with E-state index in [1.165, 1.54) is 0 Å². The number of hydrogen-bond donors (Lipinski definition) is 1. The monoisotopic (exact) mass is 300 g/mol. The zero-order chi connectivity index (χ0) is 13.7. The second-order valence-corrected chi connectivity index (χ2v) is 5.85. The Bertz CT molecular complexity index is 869. The predicted octanol–water partition coefficient (Wildman–Crippen LogP) is 3.65. The first kappa shape index (κ1) is 11.8. The number of aromatic nitrogens is 2. The van der Waals surface area contributed by atoms with E-state index in [1.807, 2.05) is 47.0 Å². The molecule has 2 N–H and O–H groups in total. The number of imidazole rings is 1. The third-order valence-electron chi connectivity index (χ3n) is 3.12. The number of halogens is 1. The fourth-order valence-electron chi connectivity index (χ4n) is 2.23. The summed E-state index contributed by atoms with van der Waals surface area (Å²) in [5.41, 5.74) is 8.77. The smallest absolute Gasteiger partial charge is 0.207 e. The van der Waals surface area contributed by atoms with Crippen molar-refractivity contribution in [3.63, 3.8) is 0 Å². The van der Waals surface area contributed by atoms with Crippen molar-refractivity contribution < 1.29 is 0 Å². The third kappa shape index (κ3) is 1.71. The minimum Gasteiger partial charge on any atom is -0.369 e. The highest BCUT2D eigenvalue weighted by atomic mass is 35.5. The Labute approximate surface area is 124 Å². The minimum absolute atomic E-state index is 0.405. The molecule has 2 heterocycles. The maximum absolute atomic E-state index is 6.14. The van der Waals surface area contributed by atoms with Gasteiger partial charge in [-0.1, -0.05) is 23.7 Å². The van der Waals surface area contributed by atoms with Crippen LogP contribution in [0.3, 0.4) is 0 Å². The number of fused-ring (bicyclic) bond motifs is 4. The van der Waals surface area contributed by atoms with Gasteiger partial charge in [-0.2, -0.15) is 0 Å². The van der Waals surface area contributed by atoms with Gasteiger partial charge in [0.15, 0.2) is 5.16 Å². The molecule has 4 nitrogen and oxygen atoms in total. The van der Waals surface area contributed by atoms with Crippen LogP contribution in [0.5, 0.6) is 0 Å². The van der Waals surface area contributed by atoms with Crippen LogP contribution in [-0.2, 0) is 0 Å². The standard InChI is InChI=1S/C14H9ClN4S/c15-8-5-6-12-10(7-8)17-13(16)19-11-4-2-1-3-9(11)18-14(19)20-12/h1-7H,(H2,16,17). The molecule has 1 aliphatic heterocycles. The summed E-state index contributed by atoms with van der Waals surface area (Å²) in [5, 5.41) is 1.46. The highest BCUT2D eigenvalue weighted by Crippen LogP contribution is 2.39. The van der Waals surface area contributed by atoms with E-state index in [1.54, 1.807) is 11.8 Å². The Morgan fingerprint density at radius 1 is 1.15 bits per heavy atom. The lowest BCUT2D eigenvalue weighted by Crippen LogP contribution is -2.21. The maximum Gasteiger partial charge on any atom is 0.207 e. The zero-order valence-electron chi connectivity index (χ0n) is 10.2. The number of para-hydroxylation sites is 2. The number of nitrogens with two attached hydrogens (primary N) is 1. The van der Waals surface area contributed by atoms with Crippen LogP contribution >= 0.6 is 23.4 Å². The summed E-state index contributed by atoms with van der Waals surface area (Å²) >= 11 is 7.56. The van der Waals surface area contributed by atoms with E-state index < -0.39 is 0 Å². The van der Waals surface area contributed by atoms with Gasteiger partial charge in [0.25, 0.3) is 0 Å². The van der Waals surface area contributed by atoms with Gasteiger partial charge in [-0.25, -0.2) is 9.98 Å². The van der Waals surface area contributed by atoms with Gasteiger partial charge in [-0.15, -0.1) is 0 Å². The van der Waals surface area contributed by atoms with E-state index in [-0.39, 0.29) is 0 Å². The molecular formula is C14H9ClN4S. The Morgan fingerprint density at radius 2 is 2.00 bits per heavy atom. The predicted molar refractivity (Wildman–Crippen MR) is 82.0 cm³/mol. The van der Waals surface area contributed by atoms with Gasteiger partial charge in [0.2, 0.25) is 5.96 Å². The lowest BCUT2D eigenvalue weighted by atomic mass is 10.3. The Morgan fingerprint density at radius 3 is 2.90 bits per heavy atom. The van der Waals surface area contributed by atoms with Gasteiger partial charge in [0.05, 0.1) is 16.7 Å². The Balaban J connectivity index is 2.03. The van der Waals surface area contributed by atoms with Crippen LogP contribution < -0.4 is 5.73 Å². The molecule has 0 spiro atoms. The number of rotatable bonds is 0. The van der Waals surface area contributed by atoms with Crippen LogP contribution in [0.25, 0.3) is 11.0 Å². The molecule has 0 unspecified atom stereocenters. The van der Waals surface area contributed by atoms with Crippen molar-refractivity contribution >= 4 is 46.0 Å². The van der Waals surface area contributed by atoms with Crippen molar-refractivity contribution in [3.05, 3.63) is 47.5 Å². The van der Waals surface area contributed by atoms with E-state index in [0.29, 0.717) is 11.0 Å². The van der Waals surface area contributed by atoms with Crippen molar-refractivity contribution in [2.24, 2.45) is 10.7 Å². The second-order valence-electron chi connectivity index (χ2n) is 4.40. The molecule has 0 atom stereocenters. The normalized spacial score (nSPS) is 13.6. The fourth-order valence-corrected chi connectivity index (χ4v) is 3.37. The van der Waals surface area contributed by atoms with Gasteiger partial charge in [0.1, 0.15) is 0 Å². The number of benzene rings is 2. The maximum atomic E-state index is 6.14. The molecular weight excluding hydrogens is 292 g/mol. The second kappa shape index (κ2) is 4.26. The molecule has 3 aromatic rings. The van der Waals surface area contributed by atoms with Gasteiger partial charge in [-0.3, -0.25) is 4.57 Å². The molecule has 1 aromatic heterocycles. The summed E-state index contributed by atoms with van der Waals surface area (Å²) in [6, 6.07) is 13.5. The Hall–Kier alpha value is -1.98. The molecule has 98 valence electrons. The summed E-state index contributed by atoms with van der Waals surface area (Å²) in [5.74, 6) is 0.405. The van der Waals surface area contributed by atoms with E-state index >= 15 is 0 Å². The molecule has 0 saturated carbocycles. The molecule has 0 aliphatic carbocycles. The van der Waals surface area contributed by atoms with Crippen molar-refractivity contribution in [1.29, 1.82) is 0 Å². The molecule has 6 heteroatoms. The highest BCUT2D eigenvalue weighted by Gasteiger charge is 2.19. The average Bonchev–Trinajstić information content (AvgIpc) is 2.73. The summed E-state index contributed by atoms with van der Waals surface area (Å²) in [4.78, 5) is 10.1. The third-order valence-corrected chi connectivity index (χ3v) is 4.37. The van der Waals surface area contributed by atoms with Crippen molar-refractivity contribution in [2.45, 2.75) is 10.1 Å². The topological polar surface area (TPSA) is 56.2 Å². The number of nitrogens with zero attached hydrogens (tertiary/aromatic N) is 3. The SMILES string of the molecule is NC1=Nc2cc(Cl)ccc2Sc2nc3ccccc3n21. The van der Waals surface area contributed by atoms with Crippen molar-refractivity contribution in [3.8, 4) is 0 Å². The van der Waals surface area contributed by atoms with E-state index in [0.717, 1.165) is 26.8 Å². The van der Waals surface area contributed by atoms with Crippen LogP contribution in [-0.4, -0.2) is 15.5 Å². The molecule has 20 heavy (non-hydrogen) atoms. The first-order chi connectivity index (χ1) is 9.72. The van der Waals surface area contributed by atoms with Crippen LogP contribution in [0.2, 0.25) is 5.02 Å². The van der Waals surface area contributed by atoms with Crippen LogP contribution in [0.15, 0.2) is 57.5 Å². The van der Waals surface area contributed by atoms with E-state index in [2.05, 4.69) is 9.98 Å².